The van der Waals surface area contributed by atoms with Gasteiger partial charge in [0.05, 0.1) is 5.56 Å². The molecule has 3 heteroatoms. The zero-order valence-electron chi connectivity index (χ0n) is 12.9. The van der Waals surface area contributed by atoms with E-state index in [-0.39, 0.29) is 0 Å². The van der Waals surface area contributed by atoms with Gasteiger partial charge in [0.15, 0.2) is 0 Å². The minimum Gasteiger partial charge on any atom is -0.245 e. The minimum atomic E-state index is 0.827. The Morgan fingerprint density at radius 1 is 1.14 bits per heavy atom. The summed E-state index contributed by atoms with van der Waals surface area (Å²) in [5, 5.41) is 10.6. The van der Waals surface area contributed by atoms with E-state index >= 15 is 0 Å². The highest BCUT2D eigenvalue weighted by atomic mass is 32.2. The van der Waals surface area contributed by atoms with Gasteiger partial charge in [-0.2, -0.15) is 5.26 Å². The fourth-order valence-electron chi connectivity index (χ4n) is 3.11. The molecule has 0 saturated carbocycles. The summed E-state index contributed by atoms with van der Waals surface area (Å²) in [4.78, 5) is 4.83. The highest BCUT2D eigenvalue weighted by Gasteiger charge is 2.21. The van der Waals surface area contributed by atoms with Crippen molar-refractivity contribution in [1.29, 1.82) is 5.26 Å². The zero-order valence-corrected chi connectivity index (χ0v) is 13.7. The van der Waals surface area contributed by atoms with Crippen molar-refractivity contribution in [2.24, 2.45) is 0 Å². The Hall–Kier alpha value is -1.79. The van der Waals surface area contributed by atoms with E-state index in [1.54, 1.807) is 11.8 Å². The van der Waals surface area contributed by atoms with E-state index in [0.29, 0.717) is 0 Å². The fourth-order valence-corrected chi connectivity index (χ4v) is 4.10. The second-order valence-corrected chi connectivity index (χ2v) is 6.61. The molecular weight excluding hydrogens is 288 g/mol. The molecule has 1 aliphatic carbocycles. The Morgan fingerprint density at radius 2 is 1.86 bits per heavy atom. The van der Waals surface area contributed by atoms with Gasteiger partial charge in [0.25, 0.3) is 0 Å². The van der Waals surface area contributed by atoms with Crippen LogP contribution in [0.2, 0.25) is 0 Å². The molecule has 0 N–H and O–H groups in total. The van der Waals surface area contributed by atoms with Crippen molar-refractivity contribution in [2.75, 3.05) is 0 Å². The van der Waals surface area contributed by atoms with Crippen molar-refractivity contribution in [2.45, 2.75) is 49.8 Å². The molecule has 1 aromatic carbocycles. The Kier molecular flexibility index (Phi) is 4.80. The van der Waals surface area contributed by atoms with Crippen LogP contribution in [0.4, 0.5) is 0 Å². The molecule has 1 aromatic heterocycles. The first-order valence-electron chi connectivity index (χ1n) is 7.95. The van der Waals surface area contributed by atoms with Crippen molar-refractivity contribution in [3.05, 3.63) is 58.3 Å². The summed E-state index contributed by atoms with van der Waals surface area (Å²) in [5.74, 6) is 0.866. The van der Waals surface area contributed by atoms with Gasteiger partial charge in [0.2, 0.25) is 0 Å². The van der Waals surface area contributed by atoms with Crippen molar-refractivity contribution < 1.29 is 0 Å². The van der Waals surface area contributed by atoms with E-state index in [1.165, 1.54) is 35.2 Å². The third-order valence-electron chi connectivity index (χ3n) is 4.23. The van der Waals surface area contributed by atoms with Crippen LogP contribution in [-0.4, -0.2) is 4.98 Å². The maximum absolute atomic E-state index is 9.63. The third-order valence-corrected chi connectivity index (χ3v) is 5.28. The summed E-state index contributed by atoms with van der Waals surface area (Å²) < 4.78 is 0. The third kappa shape index (κ3) is 3.03. The summed E-state index contributed by atoms with van der Waals surface area (Å²) in [6.45, 7) is 2.16. The predicted octanol–water partition coefficient (Wildman–Crippen LogP) is 4.69. The monoisotopic (exact) mass is 308 g/mol. The molecule has 3 rings (SSSR count). The average molecular weight is 308 g/mol. The summed E-state index contributed by atoms with van der Waals surface area (Å²) >= 11 is 1.69. The number of nitriles is 1. The van der Waals surface area contributed by atoms with Crippen molar-refractivity contribution in [1.82, 2.24) is 4.98 Å². The first-order chi connectivity index (χ1) is 10.8. The number of thioether (sulfide) groups is 1. The molecule has 0 spiro atoms. The van der Waals surface area contributed by atoms with E-state index in [9.17, 15) is 5.26 Å². The van der Waals surface area contributed by atoms with Crippen LogP contribution in [-0.2, 0) is 25.0 Å². The molecule has 0 aliphatic heterocycles. The molecule has 0 bridgehead atoms. The van der Waals surface area contributed by atoms with Crippen molar-refractivity contribution >= 4 is 11.8 Å². The van der Waals surface area contributed by atoms with Gasteiger partial charge in [0, 0.05) is 11.4 Å². The number of nitrogens with zero attached hydrogens (tertiary/aromatic N) is 2. The van der Waals surface area contributed by atoms with E-state index in [4.69, 9.17) is 4.98 Å². The Morgan fingerprint density at radius 3 is 2.55 bits per heavy atom. The van der Waals surface area contributed by atoms with Crippen LogP contribution in [0.15, 0.2) is 35.4 Å². The van der Waals surface area contributed by atoms with Crippen LogP contribution in [0.1, 0.15) is 47.7 Å². The lowest BCUT2D eigenvalue weighted by Crippen LogP contribution is -2.12. The van der Waals surface area contributed by atoms with Gasteiger partial charge in [-0.25, -0.2) is 4.98 Å². The van der Waals surface area contributed by atoms with Crippen LogP contribution >= 0.6 is 11.8 Å². The first-order valence-corrected chi connectivity index (χ1v) is 8.93. The van der Waals surface area contributed by atoms with Gasteiger partial charge in [-0.1, -0.05) is 37.3 Å². The largest absolute Gasteiger partial charge is 0.245 e. The van der Waals surface area contributed by atoms with Gasteiger partial charge >= 0.3 is 0 Å². The van der Waals surface area contributed by atoms with E-state index in [2.05, 4.69) is 37.3 Å². The molecule has 2 nitrogen and oxygen atoms in total. The first kappa shape index (κ1) is 15.1. The molecule has 0 atom stereocenters. The lowest BCUT2D eigenvalue weighted by Gasteiger charge is -2.21. The van der Waals surface area contributed by atoms with E-state index in [1.807, 2.05) is 6.07 Å². The highest BCUT2D eigenvalue weighted by Crippen LogP contribution is 2.33. The van der Waals surface area contributed by atoms with Crippen LogP contribution in [0.25, 0.3) is 0 Å². The molecular formula is C19H20N2S. The van der Waals surface area contributed by atoms with Crippen LogP contribution in [0.3, 0.4) is 0 Å². The molecule has 112 valence electrons. The van der Waals surface area contributed by atoms with E-state index in [0.717, 1.165) is 35.6 Å². The highest BCUT2D eigenvalue weighted by molar-refractivity contribution is 7.98. The topological polar surface area (TPSA) is 36.7 Å². The lowest BCUT2D eigenvalue weighted by molar-refractivity contribution is 0.664. The maximum Gasteiger partial charge on any atom is 0.115 e. The number of rotatable bonds is 4. The van der Waals surface area contributed by atoms with Gasteiger partial charge in [-0.15, -0.1) is 11.8 Å². The summed E-state index contributed by atoms with van der Waals surface area (Å²) in [5.41, 5.74) is 5.93. The lowest BCUT2D eigenvalue weighted by atomic mass is 9.87. The number of hydrogen-bond donors (Lipinski definition) is 0. The van der Waals surface area contributed by atoms with Gasteiger partial charge in [-0.05, 0) is 48.8 Å². The number of benzene rings is 1. The number of hydrogen-bond acceptors (Lipinski definition) is 3. The minimum absolute atomic E-state index is 0.827. The summed E-state index contributed by atoms with van der Waals surface area (Å²) in [6.07, 6.45) is 5.49. The molecule has 2 aromatic rings. The fraction of sp³-hybridized carbons (Fsp3) is 0.368. The number of aryl methyl sites for hydroxylation is 1. The molecule has 22 heavy (non-hydrogen) atoms. The van der Waals surface area contributed by atoms with Crippen LogP contribution < -0.4 is 0 Å². The molecule has 0 amide bonds. The molecule has 0 fully saturated rings. The van der Waals surface area contributed by atoms with Crippen molar-refractivity contribution in [3.8, 4) is 6.07 Å². The van der Waals surface area contributed by atoms with E-state index < -0.39 is 0 Å². The van der Waals surface area contributed by atoms with Crippen LogP contribution in [0.5, 0.6) is 0 Å². The maximum atomic E-state index is 9.63. The molecule has 1 aliphatic rings. The Labute approximate surface area is 136 Å². The predicted molar refractivity (Wildman–Crippen MR) is 91.0 cm³/mol. The van der Waals surface area contributed by atoms with Gasteiger partial charge in [-0.3, -0.25) is 0 Å². The Bertz CT molecular complexity index is 702. The van der Waals surface area contributed by atoms with Gasteiger partial charge in [0.1, 0.15) is 11.1 Å². The summed E-state index contributed by atoms with van der Waals surface area (Å²) in [6, 6.07) is 12.8. The number of aromatic nitrogens is 1. The molecule has 0 unspecified atom stereocenters. The quantitative estimate of drug-likeness (QED) is 0.769. The normalized spacial score (nSPS) is 13.5. The number of pyridine rings is 1. The van der Waals surface area contributed by atoms with Crippen molar-refractivity contribution in [3.63, 3.8) is 0 Å². The van der Waals surface area contributed by atoms with Crippen LogP contribution in [0, 0.1) is 11.3 Å². The number of fused-ring (bicyclic) bond motifs is 1. The molecule has 0 saturated heterocycles. The molecule has 1 heterocycles. The second-order valence-electron chi connectivity index (χ2n) is 5.64. The Balaban J connectivity index is 1.95. The zero-order chi connectivity index (χ0) is 15.4. The average Bonchev–Trinajstić information content (AvgIpc) is 2.59. The molecule has 0 radical (unpaired) electrons. The summed E-state index contributed by atoms with van der Waals surface area (Å²) in [7, 11) is 0. The standard InChI is InChI=1S/C19H20N2S/c1-2-18-16-11-7-6-10-15(16)17(12-20)19(21-18)22-13-14-8-4-3-5-9-14/h3-5,8-9H,2,6-7,10-11,13H2,1H3. The SMILES string of the molecule is CCc1nc(SCc2ccccc2)c(C#N)c2c1CCCC2. The smallest absolute Gasteiger partial charge is 0.115 e. The second kappa shape index (κ2) is 6.98. The van der Waals surface area contributed by atoms with Gasteiger partial charge < -0.3 is 0 Å².